The van der Waals surface area contributed by atoms with Gasteiger partial charge in [0.1, 0.15) is 5.01 Å². The molecule has 0 saturated carbocycles. The summed E-state index contributed by atoms with van der Waals surface area (Å²) in [7, 11) is 0. The highest BCUT2D eigenvalue weighted by Gasteiger charge is 2.16. The Hall–Kier alpha value is -6.04. The van der Waals surface area contributed by atoms with Crippen molar-refractivity contribution in [2.45, 2.75) is 0 Å². The molecular weight excluding hydrogens is 593 g/mol. The number of hydrogen-bond donors (Lipinski definition) is 0. The van der Waals surface area contributed by atoms with Gasteiger partial charge in [0, 0.05) is 22.3 Å². The molecule has 47 heavy (non-hydrogen) atoms. The second-order valence-electron chi connectivity index (χ2n) is 11.5. The van der Waals surface area contributed by atoms with Crippen LogP contribution in [0.15, 0.2) is 158 Å². The molecule has 9 rings (SSSR count). The maximum Gasteiger partial charge on any atom is 0.164 e. The summed E-state index contributed by atoms with van der Waals surface area (Å²) < 4.78 is 1.09. The quantitative estimate of drug-likeness (QED) is 0.180. The predicted octanol–water partition coefficient (Wildman–Crippen LogP) is 11.1. The first kappa shape index (κ1) is 27.3. The average molecular weight is 619 g/mol. The first-order chi connectivity index (χ1) is 23.3. The molecule has 0 unspecified atom stereocenters. The molecular formula is C42H26N4S. The average Bonchev–Trinajstić information content (AvgIpc) is 3.59. The van der Waals surface area contributed by atoms with Crippen LogP contribution in [0.2, 0.25) is 0 Å². The van der Waals surface area contributed by atoms with E-state index < -0.39 is 0 Å². The maximum absolute atomic E-state index is 5.11. The summed E-state index contributed by atoms with van der Waals surface area (Å²) >= 11 is 1.70. The van der Waals surface area contributed by atoms with Crippen LogP contribution in [0.3, 0.4) is 0 Å². The Balaban J connectivity index is 1.18. The second-order valence-corrected chi connectivity index (χ2v) is 12.5. The maximum atomic E-state index is 5.11. The SMILES string of the molecule is c1ccc(-c2cccc(-c3nc(-c4ccccc4)nc(-c4ccc5nc(-c6cc7ccccc7c7ccccc67)sc5c4)n3)c2)cc1. The summed E-state index contributed by atoms with van der Waals surface area (Å²) in [6, 6.07) is 54.6. The van der Waals surface area contributed by atoms with Gasteiger partial charge in [0.05, 0.1) is 10.2 Å². The van der Waals surface area contributed by atoms with Gasteiger partial charge in [-0.1, -0.05) is 127 Å². The molecule has 0 aliphatic carbocycles. The van der Waals surface area contributed by atoms with Crippen molar-refractivity contribution in [2.75, 3.05) is 0 Å². The number of hydrogen-bond acceptors (Lipinski definition) is 5. The highest BCUT2D eigenvalue weighted by molar-refractivity contribution is 7.21. The van der Waals surface area contributed by atoms with E-state index >= 15 is 0 Å². The third kappa shape index (κ3) is 5.03. The molecule has 4 nitrogen and oxygen atoms in total. The molecule has 0 amide bonds. The minimum Gasteiger partial charge on any atom is -0.236 e. The Kier molecular flexibility index (Phi) is 6.61. The van der Waals surface area contributed by atoms with E-state index in [1.807, 2.05) is 36.4 Å². The summed E-state index contributed by atoms with van der Waals surface area (Å²) in [6.07, 6.45) is 0. The lowest BCUT2D eigenvalue weighted by molar-refractivity contribution is 1.07. The minimum absolute atomic E-state index is 0.631. The van der Waals surface area contributed by atoms with E-state index in [1.54, 1.807) is 11.3 Å². The molecule has 7 aromatic carbocycles. The monoisotopic (exact) mass is 618 g/mol. The van der Waals surface area contributed by atoms with Gasteiger partial charge in [-0.2, -0.15) is 0 Å². The molecule has 0 saturated heterocycles. The van der Waals surface area contributed by atoms with Crippen molar-refractivity contribution in [1.29, 1.82) is 0 Å². The van der Waals surface area contributed by atoms with Gasteiger partial charge in [-0.25, -0.2) is 19.9 Å². The van der Waals surface area contributed by atoms with Crippen LogP contribution in [0.4, 0.5) is 0 Å². The van der Waals surface area contributed by atoms with Gasteiger partial charge in [0.25, 0.3) is 0 Å². The molecule has 0 spiro atoms. The van der Waals surface area contributed by atoms with Crippen LogP contribution in [-0.2, 0) is 0 Å². The van der Waals surface area contributed by atoms with Crippen molar-refractivity contribution in [3.63, 3.8) is 0 Å². The Morgan fingerprint density at radius 1 is 0.362 bits per heavy atom. The van der Waals surface area contributed by atoms with Gasteiger partial charge in [0.2, 0.25) is 0 Å². The number of rotatable bonds is 5. The van der Waals surface area contributed by atoms with Gasteiger partial charge in [0.15, 0.2) is 17.5 Å². The largest absolute Gasteiger partial charge is 0.236 e. The van der Waals surface area contributed by atoms with Crippen LogP contribution < -0.4 is 0 Å². The lowest BCUT2D eigenvalue weighted by atomic mass is 9.97. The molecule has 5 heteroatoms. The number of benzene rings is 7. The van der Waals surface area contributed by atoms with Crippen LogP contribution in [0.25, 0.3) is 87.6 Å². The van der Waals surface area contributed by atoms with Gasteiger partial charge < -0.3 is 0 Å². The van der Waals surface area contributed by atoms with Crippen LogP contribution in [0.5, 0.6) is 0 Å². The standard InChI is InChI=1S/C42H26N4S/c1-3-12-27(13-4-1)29-17-11-18-31(24-29)40-44-39(28-14-5-2-6-15-28)45-41(46-40)32-22-23-37-38(26-32)47-42(43-37)36-25-30-16-7-8-19-33(30)34-20-9-10-21-35(34)36/h1-26H. The zero-order valence-corrected chi connectivity index (χ0v) is 26.0. The number of thiazole rings is 1. The molecule has 9 aromatic rings. The lowest BCUT2D eigenvalue weighted by Gasteiger charge is -2.09. The fourth-order valence-electron chi connectivity index (χ4n) is 6.23. The van der Waals surface area contributed by atoms with E-state index in [0.717, 1.165) is 48.6 Å². The van der Waals surface area contributed by atoms with E-state index in [0.29, 0.717) is 17.5 Å². The lowest BCUT2D eigenvalue weighted by Crippen LogP contribution is -2.00. The predicted molar refractivity (Wildman–Crippen MR) is 195 cm³/mol. The third-order valence-corrected chi connectivity index (χ3v) is 9.59. The molecule has 220 valence electrons. The molecule has 2 aromatic heterocycles. The van der Waals surface area contributed by atoms with Crippen LogP contribution >= 0.6 is 11.3 Å². The summed E-state index contributed by atoms with van der Waals surface area (Å²) in [6.45, 7) is 0. The van der Waals surface area contributed by atoms with Crippen molar-refractivity contribution in [3.05, 3.63) is 158 Å². The van der Waals surface area contributed by atoms with Crippen molar-refractivity contribution >= 4 is 43.1 Å². The van der Waals surface area contributed by atoms with Crippen LogP contribution in [0, 0.1) is 0 Å². The number of fused-ring (bicyclic) bond motifs is 4. The van der Waals surface area contributed by atoms with E-state index in [9.17, 15) is 0 Å². The van der Waals surface area contributed by atoms with E-state index in [2.05, 4.69) is 121 Å². The number of aromatic nitrogens is 4. The van der Waals surface area contributed by atoms with Crippen LogP contribution in [-0.4, -0.2) is 19.9 Å². The summed E-state index contributed by atoms with van der Waals surface area (Å²) in [4.78, 5) is 20.1. The van der Waals surface area contributed by atoms with Crippen LogP contribution in [0.1, 0.15) is 0 Å². The molecule has 0 radical (unpaired) electrons. The third-order valence-electron chi connectivity index (χ3n) is 8.54. The van der Waals surface area contributed by atoms with Gasteiger partial charge in [-0.15, -0.1) is 11.3 Å². The van der Waals surface area contributed by atoms with Gasteiger partial charge >= 0.3 is 0 Å². The molecule has 0 fully saturated rings. The van der Waals surface area contributed by atoms with Gasteiger partial charge in [-0.3, -0.25) is 0 Å². The number of nitrogens with zero attached hydrogens (tertiary/aromatic N) is 4. The van der Waals surface area contributed by atoms with E-state index in [4.69, 9.17) is 19.9 Å². The Morgan fingerprint density at radius 2 is 0.936 bits per heavy atom. The molecule has 0 aliphatic heterocycles. The Bertz CT molecular complexity index is 2580. The first-order valence-electron chi connectivity index (χ1n) is 15.6. The zero-order chi connectivity index (χ0) is 31.2. The second kappa shape index (κ2) is 11.4. The van der Waals surface area contributed by atoms with E-state index in [1.165, 1.54) is 21.5 Å². The summed E-state index contributed by atoms with van der Waals surface area (Å²) in [5, 5.41) is 5.91. The van der Waals surface area contributed by atoms with E-state index in [-0.39, 0.29) is 0 Å². The van der Waals surface area contributed by atoms with Crippen molar-refractivity contribution in [2.24, 2.45) is 0 Å². The van der Waals surface area contributed by atoms with Crippen molar-refractivity contribution < 1.29 is 0 Å². The molecule has 2 heterocycles. The Labute approximate surface area is 275 Å². The zero-order valence-electron chi connectivity index (χ0n) is 25.2. The topological polar surface area (TPSA) is 51.6 Å². The first-order valence-corrected chi connectivity index (χ1v) is 16.4. The van der Waals surface area contributed by atoms with Crippen molar-refractivity contribution in [3.8, 4) is 55.9 Å². The molecule has 0 N–H and O–H groups in total. The minimum atomic E-state index is 0.631. The highest BCUT2D eigenvalue weighted by atomic mass is 32.1. The normalized spacial score (nSPS) is 11.4. The van der Waals surface area contributed by atoms with Gasteiger partial charge in [-0.05, 0) is 63.0 Å². The smallest absolute Gasteiger partial charge is 0.164 e. The highest BCUT2D eigenvalue weighted by Crippen LogP contribution is 2.39. The fourth-order valence-corrected chi connectivity index (χ4v) is 7.26. The fraction of sp³-hybridized carbons (Fsp3) is 0. The van der Waals surface area contributed by atoms with Crippen molar-refractivity contribution in [1.82, 2.24) is 19.9 Å². The molecule has 0 atom stereocenters. The molecule has 0 aliphatic rings. The summed E-state index contributed by atoms with van der Waals surface area (Å²) in [5.41, 5.74) is 7.19. The molecule has 0 bridgehead atoms. The Morgan fingerprint density at radius 3 is 1.70 bits per heavy atom. The summed E-state index contributed by atoms with van der Waals surface area (Å²) in [5.74, 6) is 1.91.